The zero-order valence-corrected chi connectivity index (χ0v) is 15.6. The monoisotopic (exact) mass is 356 g/mol. The van der Waals surface area contributed by atoms with Crippen molar-refractivity contribution in [3.63, 3.8) is 0 Å². The van der Waals surface area contributed by atoms with Crippen molar-refractivity contribution in [1.29, 1.82) is 0 Å². The van der Waals surface area contributed by atoms with Crippen LogP contribution < -0.4 is 10.2 Å². The highest BCUT2D eigenvalue weighted by molar-refractivity contribution is 5.92. The predicted molar refractivity (Wildman–Crippen MR) is 98.9 cm³/mol. The fourth-order valence-electron chi connectivity index (χ4n) is 2.93. The van der Waals surface area contributed by atoms with Gasteiger partial charge in [-0.2, -0.15) is 4.68 Å². The summed E-state index contributed by atoms with van der Waals surface area (Å²) in [6.07, 6.45) is 1.81. The Morgan fingerprint density at radius 2 is 2.04 bits per heavy atom. The van der Waals surface area contributed by atoms with Crippen molar-refractivity contribution in [2.24, 2.45) is 0 Å². The fourth-order valence-corrected chi connectivity index (χ4v) is 2.93. The molecular formula is C18H24N6O2. The summed E-state index contributed by atoms with van der Waals surface area (Å²) in [7, 11) is 3.97. The van der Waals surface area contributed by atoms with Crippen LogP contribution in [-0.4, -0.2) is 46.9 Å². The molecule has 1 N–H and O–H groups in total. The molecule has 2 aromatic rings. The van der Waals surface area contributed by atoms with Crippen LogP contribution in [0.1, 0.15) is 38.3 Å². The molecule has 1 aromatic carbocycles. The molecule has 0 fully saturated rings. The number of esters is 1. The summed E-state index contributed by atoms with van der Waals surface area (Å²) in [6, 6.07) is 7.58. The molecule has 8 heteroatoms. The van der Waals surface area contributed by atoms with Gasteiger partial charge in [-0.1, -0.05) is 30.6 Å². The molecule has 0 bridgehead atoms. The minimum Gasteiger partial charge on any atom is -0.462 e. The third kappa shape index (κ3) is 3.40. The molecule has 0 radical (unpaired) electrons. The Hall–Kier alpha value is -2.90. The second-order valence-electron chi connectivity index (χ2n) is 6.49. The van der Waals surface area contributed by atoms with Gasteiger partial charge in [-0.05, 0) is 41.5 Å². The molecule has 0 aliphatic carbocycles. The van der Waals surface area contributed by atoms with E-state index in [0.717, 1.165) is 24.1 Å². The Morgan fingerprint density at radius 3 is 2.69 bits per heavy atom. The van der Waals surface area contributed by atoms with Crippen molar-refractivity contribution in [3.8, 4) is 0 Å². The molecule has 0 spiro atoms. The molecule has 1 aliphatic rings. The van der Waals surface area contributed by atoms with Crippen molar-refractivity contribution in [2.75, 3.05) is 30.9 Å². The molecule has 3 rings (SSSR count). The lowest BCUT2D eigenvalue weighted by Gasteiger charge is -2.27. The highest BCUT2D eigenvalue weighted by atomic mass is 16.5. The van der Waals surface area contributed by atoms with Crippen LogP contribution in [0.5, 0.6) is 0 Å². The number of rotatable bonds is 6. The van der Waals surface area contributed by atoms with E-state index in [2.05, 4.69) is 27.8 Å². The van der Waals surface area contributed by atoms with E-state index in [1.54, 1.807) is 4.68 Å². The zero-order valence-electron chi connectivity index (χ0n) is 15.6. The van der Waals surface area contributed by atoms with E-state index in [1.165, 1.54) is 0 Å². The third-order valence-electron chi connectivity index (χ3n) is 4.39. The van der Waals surface area contributed by atoms with E-state index in [9.17, 15) is 4.79 Å². The second-order valence-corrected chi connectivity index (χ2v) is 6.49. The molecule has 1 aromatic heterocycles. The number of anilines is 2. The number of nitrogens with one attached hydrogen (secondary N) is 1. The number of allylic oxidation sites excluding steroid dienone is 1. The van der Waals surface area contributed by atoms with Crippen LogP contribution in [0.25, 0.3) is 0 Å². The molecular weight excluding hydrogens is 332 g/mol. The van der Waals surface area contributed by atoms with Gasteiger partial charge in [0.2, 0.25) is 5.95 Å². The quantitative estimate of drug-likeness (QED) is 0.628. The van der Waals surface area contributed by atoms with Gasteiger partial charge < -0.3 is 15.0 Å². The lowest BCUT2D eigenvalue weighted by molar-refractivity contribution is -0.139. The number of tetrazole rings is 1. The molecule has 0 saturated carbocycles. The smallest absolute Gasteiger partial charge is 0.338 e. The maximum atomic E-state index is 12.8. The van der Waals surface area contributed by atoms with Crippen LogP contribution in [0, 0.1) is 0 Å². The molecule has 26 heavy (non-hydrogen) atoms. The van der Waals surface area contributed by atoms with Crippen molar-refractivity contribution in [1.82, 2.24) is 20.2 Å². The van der Waals surface area contributed by atoms with Crippen LogP contribution in [0.15, 0.2) is 35.5 Å². The molecule has 0 unspecified atom stereocenters. The van der Waals surface area contributed by atoms with Crippen molar-refractivity contribution in [2.45, 2.75) is 32.7 Å². The first-order valence-corrected chi connectivity index (χ1v) is 8.73. The molecule has 138 valence electrons. The van der Waals surface area contributed by atoms with Crippen LogP contribution in [0.4, 0.5) is 11.6 Å². The first kappa shape index (κ1) is 17.9. The number of aromatic nitrogens is 4. The minimum atomic E-state index is -0.424. The van der Waals surface area contributed by atoms with E-state index < -0.39 is 6.04 Å². The number of hydrogen-bond donors (Lipinski definition) is 1. The summed E-state index contributed by atoms with van der Waals surface area (Å²) < 4.78 is 7.09. The Bertz CT molecular complexity index is 809. The van der Waals surface area contributed by atoms with Gasteiger partial charge in [-0.25, -0.2) is 4.79 Å². The SMILES string of the molecule is CCCCOC(=O)C1=C(C)Nc2nnnn2[C@@H]1c1ccc(N(C)C)cc1. The molecule has 2 heterocycles. The summed E-state index contributed by atoms with van der Waals surface area (Å²) in [5.41, 5.74) is 3.23. The van der Waals surface area contributed by atoms with Gasteiger partial charge in [-0.15, -0.1) is 0 Å². The molecule has 1 atom stereocenters. The van der Waals surface area contributed by atoms with E-state index in [-0.39, 0.29) is 5.97 Å². The number of unbranched alkanes of at least 4 members (excludes halogenated alkanes) is 1. The van der Waals surface area contributed by atoms with Gasteiger partial charge in [0.25, 0.3) is 0 Å². The first-order valence-electron chi connectivity index (χ1n) is 8.73. The Balaban J connectivity index is 1.99. The normalized spacial score (nSPS) is 16.1. The number of benzene rings is 1. The van der Waals surface area contributed by atoms with Crippen LogP contribution in [-0.2, 0) is 9.53 Å². The predicted octanol–water partition coefficient (Wildman–Crippen LogP) is 2.37. The second kappa shape index (κ2) is 7.55. The van der Waals surface area contributed by atoms with Gasteiger partial charge in [0.15, 0.2) is 0 Å². The maximum absolute atomic E-state index is 12.8. The number of ether oxygens (including phenoxy) is 1. The number of carbonyl (C=O) groups excluding carboxylic acids is 1. The number of nitrogens with zero attached hydrogens (tertiary/aromatic N) is 5. The molecule has 8 nitrogen and oxygen atoms in total. The van der Waals surface area contributed by atoms with E-state index in [1.807, 2.05) is 50.2 Å². The van der Waals surface area contributed by atoms with Gasteiger partial charge in [0.1, 0.15) is 6.04 Å². The number of carbonyl (C=O) groups is 1. The van der Waals surface area contributed by atoms with Gasteiger partial charge in [0, 0.05) is 25.5 Å². The largest absolute Gasteiger partial charge is 0.462 e. The van der Waals surface area contributed by atoms with Crippen LogP contribution in [0.2, 0.25) is 0 Å². The zero-order chi connectivity index (χ0) is 18.7. The Labute approximate surface area is 152 Å². The van der Waals surface area contributed by atoms with Crippen LogP contribution >= 0.6 is 0 Å². The summed E-state index contributed by atoms with van der Waals surface area (Å²) in [4.78, 5) is 14.8. The fraction of sp³-hybridized carbons (Fsp3) is 0.444. The third-order valence-corrected chi connectivity index (χ3v) is 4.39. The van der Waals surface area contributed by atoms with Gasteiger partial charge in [-0.3, -0.25) is 0 Å². The average molecular weight is 356 g/mol. The number of fused-ring (bicyclic) bond motifs is 1. The van der Waals surface area contributed by atoms with Gasteiger partial charge in [0.05, 0.1) is 12.2 Å². The van der Waals surface area contributed by atoms with Gasteiger partial charge >= 0.3 is 5.97 Å². The lowest BCUT2D eigenvalue weighted by Crippen LogP contribution is -2.29. The van der Waals surface area contributed by atoms with E-state index in [4.69, 9.17) is 4.74 Å². The maximum Gasteiger partial charge on any atom is 0.338 e. The Kier molecular flexibility index (Phi) is 5.20. The van der Waals surface area contributed by atoms with Crippen LogP contribution in [0.3, 0.4) is 0 Å². The minimum absolute atomic E-state index is 0.341. The summed E-state index contributed by atoms with van der Waals surface area (Å²) >= 11 is 0. The van der Waals surface area contributed by atoms with Crippen molar-refractivity contribution >= 4 is 17.6 Å². The molecule has 0 saturated heterocycles. The number of hydrogen-bond acceptors (Lipinski definition) is 7. The van der Waals surface area contributed by atoms with E-state index >= 15 is 0 Å². The topological polar surface area (TPSA) is 85.2 Å². The van der Waals surface area contributed by atoms with Crippen molar-refractivity contribution in [3.05, 3.63) is 41.1 Å². The summed E-state index contributed by atoms with van der Waals surface area (Å²) in [5.74, 6) is 0.167. The summed E-state index contributed by atoms with van der Waals surface area (Å²) in [5, 5.41) is 14.9. The Morgan fingerprint density at radius 1 is 1.31 bits per heavy atom. The highest BCUT2D eigenvalue weighted by Gasteiger charge is 2.34. The van der Waals surface area contributed by atoms with Crippen molar-refractivity contribution < 1.29 is 9.53 Å². The van der Waals surface area contributed by atoms with E-state index in [0.29, 0.717) is 23.8 Å². The molecule has 1 aliphatic heterocycles. The standard InChI is InChI=1S/C18H24N6O2/c1-5-6-11-26-17(25)15-12(2)19-18-20-21-22-24(18)16(15)13-7-9-14(10-8-13)23(3)4/h7-10,16H,5-6,11H2,1-4H3,(H,19,20,22)/t16-/m1/s1. The highest BCUT2D eigenvalue weighted by Crippen LogP contribution is 2.35. The molecule has 0 amide bonds. The first-order chi connectivity index (χ1) is 12.5. The summed E-state index contributed by atoms with van der Waals surface area (Å²) in [6.45, 7) is 4.31. The lowest BCUT2D eigenvalue weighted by atomic mass is 9.95. The average Bonchev–Trinajstić information content (AvgIpc) is 3.08.